The topological polar surface area (TPSA) is 34.0 Å². The molecule has 3 nitrogen and oxygen atoms in total. The zero-order chi connectivity index (χ0) is 16.2. The molecule has 0 fully saturated rings. The summed E-state index contributed by atoms with van der Waals surface area (Å²) < 4.78 is 31.4. The number of nitrogens with zero attached hydrogens (tertiary/aromatic N) is 2. The molecule has 2 unspecified atom stereocenters. The van der Waals surface area contributed by atoms with Crippen molar-refractivity contribution in [3.05, 3.63) is 71.3 Å². The SMILES string of the molecule is COC(C)(N=NC(C)c1ccc(F)cc1)c1ccc(F)cc1. The predicted octanol–water partition coefficient (Wildman–Crippen LogP) is 5.00. The van der Waals surface area contributed by atoms with Crippen LogP contribution < -0.4 is 0 Å². The van der Waals surface area contributed by atoms with Crippen LogP contribution in [0.5, 0.6) is 0 Å². The maximum atomic E-state index is 13.0. The van der Waals surface area contributed by atoms with Gasteiger partial charge in [-0.05, 0) is 43.7 Å². The normalized spacial score (nSPS) is 15.7. The molecule has 2 aromatic carbocycles. The summed E-state index contributed by atoms with van der Waals surface area (Å²) in [7, 11) is 1.52. The molecule has 0 saturated carbocycles. The average Bonchev–Trinajstić information content (AvgIpc) is 2.53. The van der Waals surface area contributed by atoms with E-state index in [9.17, 15) is 8.78 Å². The van der Waals surface area contributed by atoms with Gasteiger partial charge in [-0.15, -0.1) is 0 Å². The van der Waals surface area contributed by atoms with Crippen molar-refractivity contribution in [1.29, 1.82) is 0 Å². The fourth-order valence-corrected chi connectivity index (χ4v) is 1.98. The van der Waals surface area contributed by atoms with Crippen molar-refractivity contribution in [1.82, 2.24) is 0 Å². The Kier molecular flexibility index (Phi) is 4.98. The van der Waals surface area contributed by atoms with E-state index in [0.717, 1.165) is 5.56 Å². The van der Waals surface area contributed by atoms with Crippen LogP contribution in [0, 0.1) is 11.6 Å². The summed E-state index contributed by atoms with van der Waals surface area (Å²) in [6.45, 7) is 3.61. The molecule has 0 heterocycles. The lowest BCUT2D eigenvalue weighted by Gasteiger charge is -2.23. The van der Waals surface area contributed by atoms with Gasteiger partial charge < -0.3 is 4.74 Å². The van der Waals surface area contributed by atoms with Gasteiger partial charge in [-0.2, -0.15) is 10.2 Å². The van der Waals surface area contributed by atoms with Crippen LogP contribution in [-0.2, 0) is 10.5 Å². The van der Waals surface area contributed by atoms with Crippen LogP contribution in [0.3, 0.4) is 0 Å². The van der Waals surface area contributed by atoms with Gasteiger partial charge in [0.2, 0.25) is 5.72 Å². The Morgan fingerprint density at radius 3 is 1.95 bits per heavy atom. The van der Waals surface area contributed by atoms with Crippen molar-refractivity contribution < 1.29 is 13.5 Å². The second-order valence-electron chi connectivity index (χ2n) is 5.14. The minimum absolute atomic E-state index is 0.240. The molecular formula is C17H18F2N2O. The molecule has 116 valence electrons. The number of ether oxygens (including phenoxy) is 1. The summed E-state index contributed by atoms with van der Waals surface area (Å²) >= 11 is 0. The summed E-state index contributed by atoms with van der Waals surface area (Å²) in [5.41, 5.74) is 0.552. The molecule has 0 amide bonds. The van der Waals surface area contributed by atoms with Crippen molar-refractivity contribution in [2.24, 2.45) is 10.2 Å². The molecule has 22 heavy (non-hydrogen) atoms. The predicted molar refractivity (Wildman–Crippen MR) is 80.4 cm³/mol. The van der Waals surface area contributed by atoms with E-state index in [-0.39, 0.29) is 17.7 Å². The van der Waals surface area contributed by atoms with Gasteiger partial charge in [-0.3, -0.25) is 0 Å². The number of methoxy groups -OCH3 is 1. The van der Waals surface area contributed by atoms with Crippen molar-refractivity contribution >= 4 is 0 Å². The van der Waals surface area contributed by atoms with Gasteiger partial charge in [-0.1, -0.05) is 24.3 Å². The van der Waals surface area contributed by atoms with Crippen molar-refractivity contribution in [3.8, 4) is 0 Å². The molecule has 0 bridgehead atoms. The van der Waals surface area contributed by atoms with E-state index >= 15 is 0 Å². The number of hydrogen-bond donors (Lipinski definition) is 0. The quantitative estimate of drug-likeness (QED) is 0.716. The first-order chi connectivity index (χ1) is 10.4. The molecule has 5 heteroatoms. The summed E-state index contributed by atoms with van der Waals surface area (Å²) in [5, 5.41) is 8.51. The van der Waals surface area contributed by atoms with E-state index in [0.29, 0.717) is 5.56 Å². The molecule has 2 rings (SSSR count). The molecule has 0 aliphatic heterocycles. The standard InChI is InChI=1S/C17H18F2N2O/c1-12(13-4-8-15(18)9-5-13)20-21-17(2,22-3)14-6-10-16(19)11-7-14/h4-12H,1-3H3. The number of azo groups is 1. The Morgan fingerprint density at radius 1 is 0.955 bits per heavy atom. The molecular weight excluding hydrogens is 286 g/mol. The van der Waals surface area contributed by atoms with Crippen LogP contribution in [-0.4, -0.2) is 7.11 Å². The first kappa shape index (κ1) is 16.2. The summed E-state index contributed by atoms with van der Waals surface area (Å²) in [5.74, 6) is -0.611. The first-order valence-electron chi connectivity index (χ1n) is 6.93. The monoisotopic (exact) mass is 304 g/mol. The van der Waals surface area contributed by atoms with Crippen LogP contribution in [0.25, 0.3) is 0 Å². The summed E-state index contributed by atoms with van der Waals surface area (Å²) in [6.07, 6.45) is 0. The molecule has 0 aliphatic rings. The van der Waals surface area contributed by atoms with Gasteiger partial charge in [0, 0.05) is 12.7 Å². The Labute approximate surface area is 128 Å². The first-order valence-corrected chi connectivity index (χ1v) is 6.93. The summed E-state index contributed by atoms with van der Waals surface area (Å²) in [4.78, 5) is 0. The third-order valence-corrected chi connectivity index (χ3v) is 3.55. The van der Waals surface area contributed by atoms with E-state index in [1.165, 1.54) is 31.4 Å². The third-order valence-electron chi connectivity index (χ3n) is 3.55. The van der Waals surface area contributed by atoms with Crippen molar-refractivity contribution in [2.45, 2.75) is 25.6 Å². The van der Waals surface area contributed by atoms with Gasteiger partial charge in [-0.25, -0.2) is 8.78 Å². The van der Waals surface area contributed by atoms with Gasteiger partial charge in [0.1, 0.15) is 11.6 Å². The van der Waals surface area contributed by atoms with Crippen LogP contribution in [0.1, 0.15) is 31.0 Å². The highest BCUT2D eigenvalue weighted by Crippen LogP contribution is 2.29. The Balaban J connectivity index is 2.21. The molecule has 2 atom stereocenters. The Bertz CT molecular complexity index is 641. The molecule has 0 N–H and O–H groups in total. The van der Waals surface area contributed by atoms with Gasteiger partial charge in [0.05, 0.1) is 6.04 Å². The van der Waals surface area contributed by atoms with E-state index in [2.05, 4.69) is 10.2 Å². The largest absolute Gasteiger partial charge is 0.352 e. The lowest BCUT2D eigenvalue weighted by atomic mass is 10.1. The van der Waals surface area contributed by atoms with E-state index in [1.807, 2.05) is 6.92 Å². The second kappa shape index (κ2) is 6.75. The maximum absolute atomic E-state index is 13.0. The fraction of sp³-hybridized carbons (Fsp3) is 0.294. The molecule has 0 aromatic heterocycles. The fourth-order valence-electron chi connectivity index (χ4n) is 1.98. The third kappa shape index (κ3) is 3.74. The highest BCUT2D eigenvalue weighted by atomic mass is 19.1. The molecule has 0 saturated heterocycles. The molecule has 0 aliphatic carbocycles. The lowest BCUT2D eigenvalue weighted by molar-refractivity contribution is 0.00213. The average molecular weight is 304 g/mol. The zero-order valence-corrected chi connectivity index (χ0v) is 12.8. The van der Waals surface area contributed by atoms with Gasteiger partial charge in [0.25, 0.3) is 0 Å². The van der Waals surface area contributed by atoms with Gasteiger partial charge in [0.15, 0.2) is 0 Å². The number of rotatable bonds is 5. The smallest absolute Gasteiger partial charge is 0.201 e. The Hall–Kier alpha value is -2.14. The van der Waals surface area contributed by atoms with E-state index in [4.69, 9.17) is 4.74 Å². The minimum atomic E-state index is -0.998. The van der Waals surface area contributed by atoms with Crippen molar-refractivity contribution in [2.75, 3.05) is 7.11 Å². The van der Waals surface area contributed by atoms with Gasteiger partial charge >= 0.3 is 0 Å². The van der Waals surface area contributed by atoms with Crippen LogP contribution >= 0.6 is 0 Å². The van der Waals surface area contributed by atoms with Crippen LogP contribution in [0.2, 0.25) is 0 Å². The maximum Gasteiger partial charge on any atom is 0.201 e. The van der Waals surface area contributed by atoms with E-state index < -0.39 is 5.72 Å². The second-order valence-corrected chi connectivity index (χ2v) is 5.14. The number of halogens is 2. The van der Waals surface area contributed by atoms with Crippen molar-refractivity contribution in [3.63, 3.8) is 0 Å². The number of hydrogen-bond acceptors (Lipinski definition) is 3. The highest BCUT2D eigenvalue weighted by molar-refractivity contribution is 5.22. The van der Waals surface area contributed by atoms with Crippen LogP contribution in [0.4, 0.5) is 8.78 Å². The minimum Gasteiger partial charge on any atom is -0.352 e. The molecule has 0 spiro atoms. The molecule has 0 radical (unpaired) electrons. The Morgan fingerprint density at radius 2 is 1.45 bits per heavy atom. The summed E-state index contributed by atoms with van der Waals surface area (Å²) in [6, 6.07) is 11.8. The lowest BCUT2D eigenvalue weighted by Crippen LogP contribution is -2.21. The molecule has 2 aromatic rings. The number of benzene rings is 2. The highest BCUT2D eigenvalue weighted by Gasteiger charge is 2.26. The van der Waals surface area contributed by atoms with E-state index in [1.54, 1.807) is 31.2 Å². The zero-order valence-electron chi connectivity index (χ0n) is 12.8. The van der Waals surface area contributed by atoms with Crippen LogP contribution in [0.15, 0.2) is 58.8 Å².